The van der Waals surface area contributed by atoms with Crippen LogP contribution in [0.25, 0.3) is 0 Å². The first kappa shape index (κ1) is 9.97. The van der Waals surface area contributed by atoms with E-state index < -0.39 is 0 Å². The Balaban J connectivity index is 2.05. The molecule has 2 fully saturated rings. The highest BCUT2D eigenvalue weighted by molar-refractivity contribution is 5.80. The third kappa shape index (κ3) is 1.54. The van der Waals surface area contributed by atoms with Gasteiger partial charge in [-0.2, -0.15) is 0 Å². The van der Waals surface area contributed by atoms with Crippen LogP contribution in [0.15, 0.2) is 0 Å². The fraction of sp³-hybridized carbons (Fsp3) is 0.909. The molecule has 0 amide bonds. The third-order valence-electron chi connectivity index (χ3n) is 3.64. The summed E-state index contributed by atoms with van der Waals surface area (Å²) in [5.41, 5.74) is 0.201. The van der Waals surface area contributed by atoms with Crippen molar-refractivity contribution in [2.24, 2.45) is 0 Å². The van der Waals surface area contributed by atoms with E-state index in [2.05, 4.69) is 4.90 Å². The Hall–Kier alpha value is -0.570. The van der Waals surface area contributed by atoms with Crippen molar-refractivity contribution in [1.82, 2.24) is 4.90 Å². The smallest absolute Gasteiger partial charge is 0.0963 e. The van der Waals surface area contributed by atoms with E-state index in [4.69, 9.17) is 10.1 Å². The van der Waals surface area contributed by atoms with Crippen LogP contribution in [0, 0.1) is 5.41 Å². The van der Waals surface area contributed by atoms with Gasteiger partial charge in [-0.15, -0.1) is 0 Å². The second kappa shape index (κ2) is 3.89. The Kier molecular flexibility index (Phi) is 2.77. The standard InChI is InChI=1S/C11H20N2O/c1-14-9-11(6-4-7-11)13-8-3-2-5-10(13)12/h12H,2-9H2,1H3. The lowest BCUT2D eigenvalue weighted by molar-refractivity contribution is -0.00994. The summed E-state index contributed by atoms with van der Waals surface area (Å²) >= 11 is 0. The molecule has 0 bridgehead atoms. The molecule has 3 nitrogen and oxygen atoms in total. The van der Waals surface area contributed by atoms with E-state index in [1.807, 2.05) is 0 Å². The fourth-order valence-corrected chi connectivity index (χ4v) is 2.70. The van der Waals surface area contributed by atoms with Gasteiger partial charge in [0.05, 0.1) is 18.0 Å². The average Bonchev–Trinajstić information content (AvgIpc) is 2.13. The summed E-state index contributed by atoms with van der Waals surface area (Å²) in [4.78, 5) is 2.31. The molecule has 1 saturated heterocycles. The molecule has 0 atom stereocenters. The summed E-state index contributed by atoms with van der Waals surface area (Å²) in [5.74, 6) is 0.841. The van der Waals surface area contributed by atoms with E-state index >= 15 is 0 Å². The molecule has 1 heterocycles. The normalized spacial score (nSPS) is 26.1. The van der Waals surface area contributed by atoms with Gasteiger partial charge in [0, 0.05) is 20.1 Å². The molecule has 3 heteroatoms. The zero-order valence-electron chi connectivity index (χ0n) is 9.01. The zero-order valence-corrected chi connectivity index (χ0v) is 9.01. The second-order valence-corrected chi connectivity index (χ2v) is 4.57. The zero-order chi connectivity index (χ0) is 10.0. The Morgan fingerprint density at radius 3 is 2.64 bits per heavy atom. The Morgan fingerprint density at radius 1 is 1.36 bits per heavy atom. The van der Waals surface area contributed by atoms with E-state index in [1.54, 1.807) is 7.11 Å². The number of nitrogens with one attached hydrogen (secondary N) is 1. The van der Waals surface area contributed by atoms with Gasteiger partial charge in [0.2, 0.25) is 0 Å². The van der Waals surface area contributed by atoms with Crippen molar-refractivity contribution < 1.29 is 4.74 Å². The number of rotatable bonds is 3. The highest BCUT2D eigenvalue weighted by Gasteiger charge is 2.44. The predicted molar refractivity (Wildman–Crippen MR) is 56.7 cm³/mol. The van der Waals surface area contributed by atoms with Crippen LogP contribution in [0.1, 0.15) is 38.5 Å². The molecule has 0 radical (unpaired) electrons. The first-order valence-corrected chi connectivity index (χ1v) is 5.62. The minimum atomic E-state index is 0.201. The van der Waals surface area contributed by atoms with E-state index in [0.717, 1.165) is 25.4 Å². The maximum Gasteiger partial charge on any atom is 0.0963 e. The lowest BCUT2D eigenvalue weighted by Gasteiger charge is -2.52. The van der Waals surface area contributed by atoms with Gasteiger partial charge in [-0.05, 0) is 32.1 Å². The lowest BCUT2D eigenvalue weighted by Crippen LogP contribution is -2.60. The van der Waals surface area contributed by atoms with Crippen molar-refractivity contribution in [2.75, 3.05) is 20.3 Å². The molecular formula is C11H20N2O. The van der Waals surface area contributed by atoms with Crippen LogP contribution in [-0.2, 0) is 4.74 Å². The molecule has 14 heavy (non-hydrogen) atoms. The number of hydrogen-bond donors (Lipinski definition) is 1. The van der Waals surface area contributed by atoms with Crippen LogP contribution < -0.4 is 0 Å². The first-order chi connectivity index (χ1) is 6.78. The van der Waals surface area contributed by atoms with Crippen molar-refractivity contribution in [3.05, 3.63) is 0 Å². The van der Waals surface area contributed by atoms with Gasteiger partial charge in [-0.25, -0.2) is 0 Å². The number of methoxy groups -OCH3 is 1. The highest BCUT2D eigenvalue weighted by atomic mass is 16.5. The van der Waals surface area contributed by atoms with Crippen LogP contribution >= 0.6 is 0 Å². The van der Waals surface area contributed by atoms with E-state index in [-0.39, 0.29) is 5.54 Å². The predicted octanol–water partition coefficient (Wildman–Crippen LogP) is 2.02. The van der Waals surface area contributed by atoms with E-state index in [1.165, 1.54) is 32.1 Å². The third-order valence-corrected chi connectivity index (χ3v) is 3.64. The topological polar surface area (TPSA) is 36.3 Å². The van der Waals surface area contributed by atoms with Crippen LogP contribution in [0.3, 0.4) is 0 Å². The molecule has 2 aliphatic rings. The van der Waals surface area contributed by atoms with Gasteiger partial charge >= 0.3 is 0 Å². The number of ether oxygens (including phenoxy) is 1. The lowest BCUT2D eigenvalue weighted by atomic mass is 9.75. The first-order valence-electron chi connectivity index (χ1n) is 5.62. The minimum Gasteiger partial charge on any atom is -0.382 e. The van der Waals surface area contributed by atoms with E-state index in [0.29, 0.717) is 0 Å². The summed E-state index contributed by atoms with van der Waals surface area (Å²) in [7, 11) is 1.77. The summed E-state index contributed by atoms with van der Waals surface area (Å²) in [5, 5.41) is 7.99. The molecule has 0 aromatic carbocycles. The van der Waals surface area contributed by atoms with Crippen LogP contribution in [-0.4, -0.2) is 36.5 Å². The van der Waals surface area contributed by atoms with Crippen molar-refractivity contribution in [2.45, 2.75) is 44.1 Å². The summed E-state index contributed by atoms with van der Waals surface area (Å²) in [6.45, 7) is 1.87. The SMILES string of the molecule is COCC1(N2CCCCC2=N)CCC1. The van der Waals surface area contributed by atoms with E-state index in [9.17, 15) is 0 Å². The largest absolute Gasteiger partial charge is 0.382 e. The molecular weight excluding hydrogens is 176 g/mol. The molecule has 0 aromatic rings. The molecule has 2 rings (SSSR count). The Labute approximate surface area is 85.9 Å². The second-order valence-electron chi connectivity index (χ2n) is 4.57. The van der Waals surface area contributed by atoms with Crippen molar-refractivity contribution in [1.29, 1.82) is 5.41 Å². The van der Waals surface area contributed by atoms with Gasteiger partial charge in [-0.1, -0.05) is 0 Å². The molecule has 0 aromatic heterocycles. The number of amidine groups is 1. The summed E-state index contributed by atoms with van der Waals surface area (Å²) < 4.78 is 5.31. The number of nitrogens with zero attached hydrogens (tertiary/aromatic N) is 1. The molecule has 1 N–H and O–H groups in total. The highest BCUT2D eigenvalue weighted by Crippen LogP contribution is 2.39. The van der Waals surface area contributed by atoms with Crippen LogP contribution in [0.5, 0.6) is 0 Å². The Bertz CT molecular complexity index is 223. The molecule has 1 aliphatic carbocycles. The van der Waals surface area contributed by atoms with Crippen LogP contribution in [0.4, 0.5) is 0 Å². The van der Waals surface area contributed by atoms with Gasteiger partial charge in [0.1, 0.15) is 0 Å². The van der Waals surface area contributed by atoms with Gasteiger partial charge in [0.15, 0.2) is 0 Å². The number of hydrogen-bond acceptors (Lipinski definition) is 2. The Morgan fingerprint density at radius 2 is 2.14 bits per heavy atom. The fourth-order valence-electron chi connectivity index (χ4n) is 2.70. The average molecular weight is 196 g/mol. The van der Waals surface area contributed by atoms with Crippen molar-refractivity contribution >= 4 is 5.84 Å². The maximum atomic E-state index is 7.99. The van der Waals surface area contributed by atoms with Gasteiger partial charge < -0.3 is 9.64 Å². The minimum absolute atomic E-state index is 0.201. The van der Waals surface area contributed by atoms with Gasteiger partial charge in [-0.3, -0.25) is 5.41 Å². The number of likely N-dealkylation sites (tertiary alicyclic amines) is 1. The molecule has 0 spiro atoms. The van der Waals surface area contributed by atoms with Gasteiger partial charge in [0.25, 0.3) is 0 Å². The monoisotopic (exact) mass is 196 g/mol. The maximum absolute atomic E-state index is 7.99. The van der Waals surface area contributed by atoms with Crippen molar-refractivity contribution in [3.63, 3.8) is 0 Å². The molecule has 1 saturated carbocycles. The number of piperidine rings is 1. The summed E-state index contributed by atoms with van der Waals surface area (Å²) in [6, 6.07) is 0. The molecule has 80 valence electrons. The quantitative estimate of drug-likeness (QED) is 0.749. The van der Waals surface area contributed by atoms with Crippen LogP contribution in [0.2, 0.25) is 0 Å². The molecule has 0 unspecified atom stereocenters. The molecule has 1 aliphatic heterocycles. The summed E-state index contributed by atoms with van der Waals surface area (Å²) in [6.07, 6.45) is 7.12. The van der Waals surface area contributed by atoms with Crippen molar-refractivity contribution in [3.8, 4) is 0 Å².